The molecule has 0 bridgehead atoms. The average molecular weight is 526 g/mol. The first-order valence-electron chi connectivity index (χ1n) is 12.0. The van der Waals surface area contributed by atoms with E-state index in [0.29, 0.717) is 38.4 Å². The van der Waals surface area contributed by atoms with E-state index in [1.165, 1.54) is 12.1 Å². The number of halogens is 1. The van der Waals surface area contributed by atoms with Crippen molar-refractivity contribution >= 4 is 21.6 Å². The Morgan fingerprint density at radius 2 is 1.59 bits per heavy atom. The largest absolute Gasteiger partial charge is 0.454 e. The highest BCUT2D eigenvalue weighted by Crippen LogP contribution is 2.33. The second-order valence-electron chi connectivity index (χ2n) is 9.15. The van der Waals surface area contributed by atoms with Crippen molar-refractivity contribution in [2.24, 2.45) is 0 Å². The van der Waals surface area contributed by atoms with Crippen molar-refractivity contribution in [1.82, 2.24) is 9.80 Å². The van der Waals surface area contributed by atoms with Crippen LogP contribution >= 0.6 is 0 Å². The van der Waals surface area contributed by atoms with Crippen LogP contribution in [0.4, 0.5) is 10.1 Å². The normalized spacial score (nSPS) is 15.6. The number of anilines is 1. The van der Waals surface area contributed by atoms with Gasteiger partial charge in [-0.1, -0.05) is 23.8 Å². The smallest absolute Gasteiger partial charge is 0.264 e. The molecule has 194 valence electrons. The number of aryl methyl sites for hydroxylation is 1. The molecule has 3 aromatic carbocycles. The fourth-order valence-electron chi connectivity index (χ4n) is 4.44. The topological polar surface area (TPSA) is 79.4 Å². The van der Waals surface area contributed by atoms with Gasteiger partial charge in [0.15, 0.2) is 11.5 Å². The van der Waals surface area contributed by atoms with Gasteiger partial charge in [0.2, 0.25) is 12.7 Å². The number of benzene rings is 3. The maximum Gasteiger partial charge on any atom is 0.264 e. The van der Waals surface area contributed by atoms with E-state index in [4.69, 9.17) is 9.47 Å². The van der Waals surface area contributed by atoms with Gasteiger partial charge < -0.3 is 14.4 Å². The molecule has 0 spiro atoms. The fraction of sp³-hybridized carbons (Fsp3) is 0.296. The molecule has 0 aliphatic carbocycles. The van der Waals surface area contributed by atoms with Crippen LogP contribution in [0.1, 0.15) is 11.1 Å². The van der Waals surface area contributed by atoms with Crippen molar-refractivity contribution in [1.29, 1.82) is 0 Å². The van der Waals surface area contributed by atoms with Gasteiger partial charge in [-0.05, 0) is 61.0 Å². The van der Waals surface area contributed by atoms with E-state index >= 15 is 0 Å². The maximum absolute atomic E-state index is 13.5. The predicted octanol–water partition coefficient (Wildman–Crippen LogP) is 3.40. The summed E-state index contributed by atoms with van der Waals surface area (Å²) in [6, 6.07) is 17.4. The lowest BCUT2D eigenvalue weighted by molar-refractivity contribution is -0.131. The third-order valence-corrected chi connectivity index (χ3v) is 8.36. The molecule has 2 aliphatic rings. The van der Waals surface area contributed by atoms with Gasteiger partial charge in [0.25, 0.3) is 10.0 Å². The second-order valence-corrected chi connectivity index (χ2v) is 11.0. The standard InChI is InChI=1S/C27H28FN3O5S/c1-20-2-7-23(8-3-20)31(37(33,34)24-9-5-22(28)6-10-24)18-27(32)30-14-12-29(13-15-30)17-21-4-11-25-26(16-21)36-19-35-25/h2-11,16H,12-15,17-19H2,1H3. The molecular formula is C27H28FN3O5S. The Morgan fingerprint density at radius 1 is 0.919 bits per heavy atom. The van der Waals surface area contributed by atoms with Gasteiger partial charge in [-0.3, -0.25) is 14.0 Å². The van der Waals surface area contributed by atoms with Crippen LogP contribution in [0, 0.1) is 12.7 Å². The van der Waals surface area contributed by atoms with Gasteiger partial charge >= 0.3 is 0 Å². The van der Waals surface area contributed by atoms with Crippen molar-refractivity contribution in [3.05, 3.63) is 83.7 Å². The Balaban J connectivity index is 1.27. The van der Waals surface area contributed by atoms with E-state index in [1.807, 2.05) is 25.1 Å². The first-order chi connectivity index (χ1) is 17.8. The average Bonchev–Trinajstić information content (AvgIpc) is 3.36. The van der Waals surface area contributed by atoms with Crippen molar-refractivity contribution in [3.8, 4) is 11.5 Å². The molecule has 2 heterocycles. The summed E-state index contributed by atoms with van der Waals surface area (Å²) in [5.41, 5.74) is 2.44. The predicted molar refractivity (Wildman–Crippen MR) is 137 cm³/mol. The van der Waals surface area contributed by atoms with Gasteiger partial charge in [-0.15, -0.1) is 0 Å². The first-order valence-corrected chi connectivity index (χ1v) is 13.5. The number of sulfonamides is 1. The summed E-state index contributed by atoms with van der Waals surface area (Å²) in [4.78, 5) is 17.1. The number of amides is 1. The van der Waals surface area contributed by atoms with E-state index in [2.05, 4.69) is 4.90 Å². The summed E-state index contributed by atoms with van der Waals surface area (Å²) in [6.45, 7) is 4.80. The molecule has 10 heteroatoms. The lowest BCUT2D eigenvalue weighted by Crippen LogP contribution is -2.51. The lowest BCUT2D eigenvalue weighted by atomic mass is 10.1. The highest BCUT2D eigenvalue weighted by Gasteiger charge is 2.30. The van der Waals surface area contributed by atoms with Gasteiger partial charge in [-0.25, -0.2) is 12.8 Å². The minimum Gasteiger partial charge on any atom is -0.454 e. The quantitative estimate of drug-likeness (QED) is 0.471. The zero-order chi connectivity index (χ0) is 26.0. The number of nitrogens with zero attached hydrogens (tertiary/aromatic N) is 3. The molecule has 0 saturated carbocycles. The minimum absolute atomic E-state index is 0.0733. The van der Waals surface area contributed by atoms with Gasteiger partial charge in [0.05, 0.1) is 10.6 Å². The molecule has 0 atom stereocenters. The third-order valence-electron chi connectivity index (χ3n) is 6.57. The van der Waals surface area contributed by atoms with Crippen LogP contribution in [0.3, 0.4) is 0 Å². The molecule has 2 aliphatic heterocycles. The molecule has 37 heavy (non-hydrogen) atoms. The molecule has 0 aromatic heterocycles. The first kappa shape index (κ1) is 25.0. The van der Waals surface area contributed by atoms with Crippen molar-refractivity contribution in [2.75, 3.05) is 43.8 Å². The third kappa shape index (κ3) is 5.55. The van der Waals surface area contributed by atoms with Crippen LogP contribution in [0.5, 0.6) is 11.5 Å². The van der Waals surface area contributed by atoms with Gasteiger partial charge in [0.1, 0.15) is 12.4 Å². The van der Waals surface area contributed by atoms with E-state index in [1.54, 1.807) is 29.2 Å². The van der Waals surface area contributed by atoms with Crippen LogP contribution in [0.2, 0.25) is 0 Å². The Labute approximate surface area is 215 Å². The van der Waals surface area contributed by atoms with Gasteiger partial charge in [0, 0.05) is 32.7 Å². The number of piperazine rings is 1. The van der Waals surface area contributed by atoms with E-state index in [9.17, 15) is 17.6 Å². The van der Waals surface area contributed by atoms with Crippen molar-refractivity contribution in [3.63, 3.8) is 0 Å². The van der Waals surface area contributed by atoms with E-state index in [0.717, 1.165) is 39.1 Å². The highest BCUT2D eigenvalue weighted by atomic mass is 32.2. The van der Waals surface area contributed by atoms with Crippen LogP contribution in [0.15, 0.2) is 71.6 Å². The molecule has 1 amide bonds. The molecule has 0 radical (unpaired) electrons. The van der Waals surface area contributed by atoms with Crippen LogP contribution in [0.25, 0.3) is 0 Å². The summed E-state index contributed by atoms with van der Waals surface area (Å²) >= 11 is 0. The molecule has 0 N–H and O–H groups in total. The summed E-state index contributed by atoms with van der Waals surface area (Å²) in [6.07, 6.45) is 0. The van der Waals surface area contributed by atoms with Crippen LogP contribution in [-0.2, 0) is 21.4 Å². The van der Waals surface area contributed by atoms with Crippen LogP contribution in [-0.4, -0.2) is 63.6 Å². The Hall–Kier alpha value is -3.63. The Morgan fingerprint density at radius 3 is 2.30 bits per heavy atom. The molecule has 5 rings (SSSR count). The van der Waals surface area contributed by atoms with Gasteiger partial charge in [-0.2, -0.15) is 0 Å². The monoisotopic (exact) mass is 525 g/mol. The number of ether oxygens (including phenoxy) is 2. The summed E-state index contributed by atoms with van der Waals surface area (Å²) < 4.78 is 52.3. The number of hydrogen-bond acceptors (Lipinski definition) is 6. The van der Waals surface area contributed by atoms with E-state index < -0.39 is 15.8 Å². The zero-order valence-electron chi connectivity index (χ0n) is 20.5. The fourth-order valence-corrected chi connectivity index (χ4v) is 5.85. The lowest BCUT2D eigenvalue weighted by Gasteiger charge is -2.36. The number of carbonyl (C=O) groups excluding carboxylic acids is 1. The zero-order valence-corrected chi connectivity index (χ0v) is 21.3. The molecule has 1 saturated heterocycles. The molecule has 8 nitrogen and oxygen atoms in total. The maximum atomic E-state index is 13.5. The van der Waals surface area contributed by atoms with Crippen molar-refractivity contribution in [2.45, 2.75) is 18.4 Å². The molecule has 3 aromatic rings. The Bertz CT molecular complexity index is 1370. The number of hydrogen-bond donors (Lipinski definition) is 0. The minimum atomic E-state index is -4.09. The SMILES string of the molecule is Cc1ccc(N(CC(=O)N2CCN(Cc3ccc4c(c3)OCO4)CC2)S(=O)(=O)c2ccc(F)cc2)cc1. The summed E-state index contributed by atoms with van der Waals surface area (Å²) in [5.74, 6) is 0.669. The van der Waals surface area contributed by atoms with E-state index in [-0.39, 0.29) is 24.1 Å². The molecular weight excluding hydrogens is 497 g/mol. The number of carbonyl (C=O) groups is 1. The molecule has 1 fully saturated rings. The highest BCUT2D eigenvalue weighted by molar-refractivity contribution is 7.92. The second kappa shape index (κ2) is 10.4. The summed E-state index contributed by atoms with van der Waals surface area (Å²) in [7, 11) is -4.09. The number of fused-ring (bicyclic) bond motifs is 1. The number of rotatable bonds is 7. The summed E-state index contributed by atoms with van der Waals surface area (Å²) in [5, 5.41) is 0. The van der Waals surface area contributed by atoms with Crippen molar-refractivity contribution < 1.29 is 27.1 Å². The Kier molecular flexibility index (Phi) is 7.03. The van der Waals surface area contributed by atoms with Crippen LogP contribution < -0.4 is 13.8 Å². The molecule has 0 unspecified atom stereocenters.